The Morgan fingerprint density at radius 3 is 2.56 bits per heavy atom. The van der Waals surface area contributed by atoms with E-state index in [9.17, 15) is 4.79 Å². The van der Waals surface area contributed by atoms with Gasteiger partial charge in [-0.25, -0.2) is 4.79 Å². The molecule has 0 saturated carbocycles. The molecule has 1 N–H and O–H groups in total. The Morgan fingerprint density at radius 2 is 2.33 bits per heavy atom. The van der Waals surface area contributed by atoms with Gasteiger partial charge in [-0.1, -0.05) is 0 Å². The first-order valence-corrected chi connectivity index (χ1v) is 2.65. The van der Waals surface area contributed by atoms with E-state index in [0.29, 0.717) is 4.90 Å². The minimum atomic E-state index is -1.02. The van der Waals surface area contributed by atoms with Crippen molar-refractivity contribution in [3.63, 3.8) is 0 Å². The van der Waals surface area contributed by atoms with Gasteiger partial charge in [0.15, 0.2) is 0 Å². The number of carboxylic acid groups (broad SMARTS) is 1. The molecule has 0 atom stereocenters. The van der Waals surface area contributed by atoms with Gasteiger partial charge < -0.3 is 9.52 Å². The lowest BCUT2D eigenvalue weighted by Crippen LogP contribution is -1.93. The lowest BCUT2D eigenvalue weighted by Gasteiger charge is -1.83. The number of furan rings is 1. The van der Waals surface area contributed by atoms with Gasteiger partial charge in [-0.15, -0.1) is 12.6 Å². The van der Waals surface area contributed by atoms with Crippen LogP contribution in [0.4, 0.5) is 0 Å². The van der Waals surface area contributed by atoms with Crippen molar-refractivity contribution in [3.8, 4) is 0 Å². The minimum Gasteiger partial charge on any atom is -0.478 e. The van der Waals surface area contributed by atoms with Gasteiger partial charge >= 0.3 is 5.97 Å². The predicted molar refractivity (Wildman–Crippen MR) is 32.9 cm³/mol. The highest BCUT2D eigenvalue weighted by atomic mass is 32.1. The molecular formula is C5H4O3S. The molecule has 0 saturated heterocycles. The molecule has 1 aromatic rings. The van der Waals surface area contributed by atoms with Crippen molar-refractivity contribution in [2.75, 3.05) is 0 Å². The molecule has 3 nitrogen and oxygen atoms in total. The van der Waals surface area contributed by atoms with Crippen LogP contribution >= 0.6 is 12.6 Å². The molecule has 9 heavy (non-hydrogen) atoms. The van der Waals surface area contributed by atoms with Crippen LogP contribution in [-0.4, -0.2) is 11.1 Å². The maximum Gasteiger partial charge on any atom is 0.340 e. The van der Waals surface area contributed by atoms with Crippen LogP contribution in [0.25, 0.3) is 0 Å². The molecule has 1 heterocycles. The first-order valence-electron chi connectivity index (χ1n) is 2.20. The number of thiol groups is 1. The van der Waals surface area contributed by atoms with Crippen molar-refractivity contribution >= 4 is 18.6 Å². The van der Waals surface area contributed by atoms with Crippen LogP contribution < -0.4 is 0 Å². The van der Waals surface area contributed by atoms with Gasteiger partial charge in [0.1, 0.15) is 18.1 Å². The second-order valence-electron chi connectivity index (χ2n) is 1.48. The largest absolute Gasteiger partial charge is 0.478 e. The third-order valence-corrected chi connectivity index (χ3v) is 1.22. The van der Waals surface area contributed by atoms with Crippen molar-refractivity contribution in [1.82, 2.24) is 0 Å². The van der Waals surface area contributed by atoms with Crippen molar-refractivity contribution < 1.29 is 14.3 Å². The molecule has 1 aromatic heterocycles. The zero-order valence-electron chi connectivity index (χ0n) is 4.37. The first kappa shape index (κ1) is 6.22. The monoisotopic (exact) mass is 144 g/mol. The van der Waals surface area contributed by atoms with Crippen LogP contribution in [0.3, 0.4) is 0 Å². The van der Waals surface area contributed by atoms with E-state index in [1.165, 1.54) is 6.26 Å². The zero-order chi connectivity index (χ0) is 6.85. The summed E-state index contributed by atoms with van der Waals surface area (Å²) in [5, 5.41) is 8.35. The first-order chi connectivity index (χ1) is 4.22. The van der Waals surface area contributed by atoms with Crippen molar-refractivity contribution in [1.29, 1.82) is 0 Å². The fraction of sp³-hybridized carbons (Fsp3) is 0. The molecule has 0 spiro atoms. The molecule has 48 valence electrons. The Balaban J connectivity index is 3.08. The molecule has 0 aromatic carbocycles. The van der Waals surface area contributed by atoms with Gasteiger partial charge in [-0.3, -0.25) is 0 Å². The van der Waals surface area contributed by atoms with Gasteiger partial charge in [0.25, 0.3) is 0 Å². The quantitative estimate of drug-likeness (QED) is 0.583. The molecule has 0 radical (unpaired) electrons. The highest BCUT2D eigenvalue weighted by Crippen LogP contribution is 2.13. The van der Waals surface area contributed by atoms with E-state index in [1.807, 2.05) is 0 Å². The number of hydrogen-bond donors (Lipinski definition) is 2. The summed E-state index contributed by atoms with van der Waals surface area (Å²) in [5.74, 6) is -1.02. The molecule has 1 rings (SSSR count). The summed E-state index contributed by atoms with van der Waals surface area (Å²) in [4.78, 5) is 10.5. The lowest BCUT2D eigenvalue weighted by molar-refractivity contribution is 0.0693. The summed E-state index contributed by atoms with van der Waals surface area (Å²) in [6.45, 7) is 0. The molecule has 0 aliphatic rings. The number of carbonyl (C=O) groups is 1. The molecule has 0 fully saturated rings. The smallest absolute Gasteiger partial charge is 0.340 e. The van der Waals surface area contributed by atoms with Crippen LogP contribution in [0, 0.1) is 0 Å². The summed E-state index contributed by atoms with van der Waals surface area (Å²) >= 11 is 3.81. The second-order valence-corrected chi connectivity index (χ2v) is 1.96. The Bertz CT molecular complexity index is 228. The normalized spacial score (nSPS) is 9.44. The number of hydrogen-bond acceptors (Lipinski definition) is 3. The fourth-order valence-corrected chi connectivity index (χ4v) is 0.660. The van der Waals surface area contributed by atoms with Gasteiger partial charge in [-0.05, 0) is 0 Å². The van der Waals surface area contributed by atoms with Crippen LogP contribution in [0.1, 0.15) is 10.4 Å². The Morgan fingerprint density at radius 1 is 1.67 bits per heavy atom. The second kappa shape index (κ2) is 2.14. The number of carboxylic acids is 1. The summed E-state index contributed by atoms with van der Waals surface area (Å²) in [5.41, 5.74) is 0.0957. The third kappa shape index (κ3) is 1.08. The van der Waals surface area contributed by atoms with Crippen LogP contribution in [0.2, 0.25) is 0 Å². The SMILES string of the molecule is O=C(O)c1cocc1S. The number of aromatic carboxylic acids is 1. The lowest BCUT2D eigenvalue weighted by atomic mass is 10.3. The van der Waals surface area contributed by atoms with E-state index in [0.717, 1.165) is 6.26 Å². The fourth-order valence-electron chi connectivity index (χ4n) is 0.450. The summed E-state index contributed by atoms with van der Waals surface area (Å²) in [6, 6.07) is 0. The third-order valence-electron chi connectivity index (χ3n) is 0.872. The Labute approximate surface area is 56.7 Å². The molecular weight excluding hydrogens is 140 g/mol. The molecule has 0 bridgehead atoms. The summed E-state index contributed by atoms with van der Waals surface area (Å²) in [7, 11) is 0. The summed E-state index contributed by atoms with van der Waals surface area (Å²) in [6.07, 6.45) is 2.41. The van der Waals surface area contributed by atoms with E-state index >= 15 is 0 Å². The zero-order valence-corrected chi connectivity index (χ0v) is 5.26. The van der Waals surface area contributed by atoms with Crippen molar-refractivity contribution in [2.24, 2.45) is 0 Å². The van der Waals surface area contributed by atoms with E-state index in [2.05, 4.69) is 17.0 Å². The predicted octanol–water partition coefficient (Wildman–Crippen LogP) is 1.27. The average Bonchev–Trinajstić information content (AvgIpc) is 2.13. The standard InChI is InChI=1S/C5H4O3S/c6-5(7)3-1-8-2-4(3)9/h1-2,9H,(H,6,7). The van der Waals surface area contributed by atoms with Gasteiger partial charge in [0.2, 0.25) is 0 Å². The molecule has 4 heteroatoms. The molecule has 0 aliphatic heterocycles. The minimum absolute atomic E-state index is 0.0957. The molecule has 0 amide bonds. The maximum absolute atomic E-state index is 10.2. The van der Waals surface area contributed by atoms with Crippen molar-refractivity contribution in [3.05, 3.63) is 18.1 Å². The van der Waals surface area contributed by atoms with E-state index in [4.69, 9.17) is 5.11 Å². The van der Waals surface area contributed by atoms with Crippen LogP contribution in [-0.2, 0) is 0 Å². The topological polar surface area (TPSA) is 50.4 Å². The number of rotatable bonds is 1. The van der Waals surface area contributed by atoms with Gasteiger partial charge in [0.05, 0.1) is 4.90 Å². The van der Waals surface area contributed by atoms with Crippen molar-refractivity contribution in [2.45, 2.75) is 4.90 Å². The Kier molecular flexibility index (Phi) is 1.48. The van der Waals surface area contributed by atoms with E-state index in [1.54, 1.807) is 0 Å². The van der Waals surface area contributed by atoms with E-state index in [-0.39, 0.29) is 5.56 Å². The highest BCUT2D eigenvalue weighted by molar-refractivity contribution is 7.80. The van der Waals surface area contributed by atoms with Crippen LogP contribution in [0.15, 0.2) is 21.8 Å². The summed E-state index contributed by atoms with van der Waals surface area (Å²) < 4.78 is 4.55. The maximum atomic E-state index is 10.2. The van der Waals surface area contributed by atoms with E-state index < -0.39 is 5.97 Å². The van der Waals surface area contributed by atoms with Gasteiger partial charge in [-0.2, -0.15) is 0 Å². The Hall–Kier alpha value is -0.900. The average molecular weight is 144 g/mol. The molecule has 0 aliphatic carbocycles. The van der Waals surface area contributed by atoms with Gasteiger partial charge in [0, 0.05) is 0 Å². The van der Waals surface area contributed by atoms with Crippen LogP contribution in [0.5, 0.6) is 0 Å². The molecule has 0 unspecified atom stereocenters. The highest BCUT2D eigenvalue weighted by Gasteiger charge is 2.07.